The smallest absolute Gasteiger partial charge is 0.410 e. The van der Waals surface area contributed by atoms with Crippen LogP contribution in [0.15, 0.2) is 24.4 Å². The van der Waals surface area contributed by atoms with E-state index in [1.807, 2.05) is 26.8 Å². The van der Waals surface area contributed by atoms with Gasteiger partial charge in [-0.15, -0.1) is 0 Å². The van der Waals surface area contributed by atoms with Crippen molar-refractivity contribution in [2.45, 2.75) is 65.8 Å². The molecule has 1 aliphatic heterocycles. The number of fused-ring (bicyclic) bond motifs is 2. The Balaban J connectivity index is 1.51. The third-order valence-corrected chi connectivity index (χ3v) is 5.21. The highest BCUT2D eigenvalue weighted by Crippen LogP contribution is 2.27. The molecule has 0 radical (unpaired) electrons. The molecule has 170 valence electrons. The first-order valence-corrected chi connectivity index (χ1v) is 10.9. The summed E-state index contributed by atoms with van der Waals surface area (Å²) in [5, 5.41) is 5.16. The van der Waals surface area contributed by atoms with E-state index in [1.54, 1.807) is 15.8 Å². The molecule has 0 aliphatic carbocycles. The number of nitrogens with two attached hydrogens (primary N) is 1. The lowest BCUT2D eigenvalue weighted by Gasteiger charge is -2.24. The minimum atomic E-state index is -0.513. The Morgan fingerprint density at radius 3 is 2.72 bits per heavy atom. The van der Waals surface area contributed by atoms with Crippen LogP contribution in [0.1, 0.15) is 57.2 Å². The molecular weight excluding hydrogens is 408 g/mol. The summed E-state index contributed by atoms with van der Waals surface area (Å²) in [6, 6.07) is 6.49. The van der Waals surface area contributed by atoms with Gasteiger partial charge >= 0.3 is 12.1 Å². The van der Waals surface area contributed by atoms with Gasteiger partial charge in [-0.25, -0.2) is 9.48 Å². The van der Waals surface area contributed by atoms with Crippen LogP contribution in [-0.4, -0.2) is 42.9 Å². The number of benzene rings is 1. The van der Waals surface area contributed by atoms with Gasteiger partial charge in [-0.3, -0.25) is 4.90 Å². The predicted octanol–water partition coefficient (Wildman–Crippen LogP) is 3.89. The van der Waals surface area contributed by atoms with Crippen LogP contribution in [0.3, 0.4) is 0 Å². The van der Waals surface area contributed by atoms with E-state index in [2.05, 4.69) is 34.1 Å². The molecule has 9 heteroatoms. The van der Waals surface area contributed by atoms with E-state index >= 15 is 0 Å². The van der Waals surface area contributed by atoms with Gasteiger partial charge in [0.05, 0.1) is 24.7 Å². The van der Waals surface area contributed by atoms with Crippen molar-refractivity contribution in [1.29, 1.82) is 0 Å². The monoisotopic (exact) mass is 438 g/mol. The molecule has 1 amide bonds. The molecule has 32 heavy (non-hydrogen) atoms. The number of unbranched alkanes of at least 4 members (excludes halogenated alkanes) is 1. The van der Waals surface area contributed by atoms with E-state index in [-0.39, 0.29) is 12.1 Å². The third-order valence-electron chi connectivity index (χ3n) is 5.21. The summed E-state index contributed by atoms with van der Waals surface area (Å²) in [5.74, 6) is 0.356. The summed E-state index contributed by atoms with van der Waals surface area (Å²) < 4.78 is 12.9. The van der Waals surface area contributed by atoms with Crippen LogP contribution in [0.2, 0.25) is 0 Å². The summed E-state index contributed by atoms with van der Waals surface area (Å²) in [7, 11) is 0. The Hall–Kier alpha value is -3.36. The van der Waals surface area contributed by atoms with E-state index in [0.29, 0.717) is 43.1 Å². The molecule has 0 spiro atoms. The molecule has 2 N–H and O–H groups in total. The number of aromatic nitrogens is 4. The van der Waals surface area contributed by atoms with Crippen LogP contribution >= 0.6 is 0 Å². The quantitative estimate of drug-likeness (QED) is 0.582. The number of carbonyl (C=O) groups excluding carboxylic acids is 1. The fraction of sp³-hybridized carbons (Fsp3) is 0.478. The van der Waals surface area contributed by atoms with Crippen LogP contribution < -0.4 is 10.5 Å². The maximum atomic E-state index is 12.4. The van der Waals surface area contributed by atoms with Crippen LogP contribution in [0, 0.1) is 0 Å². The van der Waals surface area contributed by atoms with Crippen molar-refractivity contribution in [3.8, 4) is 6.01 Å². The standard InChI is InChI=1S/C23H30N6O3/c1-5-6-9-31-21-26-19(24)18-11-25-29(20(18)27-21)12-15-7-8-16-13-28(14-17(16)10-15)22(30)32-23(2,3)4/h7-8,10-11H,5-6,9,12-14H2,1-4H3,(H2,24,26,27). The van der Waals surface area contributed by atoms with Gasteiger partial charge in [0.2, 0.25) is 0 Å². The minimum Gasteiger partial charge on any atom is -0.463 e. The third kappa shape index (κ3) is 4.76. The summed E-state index contributed by atoms with van der Waals surface area (Å²) >= 11 is 0. The Morgan fingerprint density at radius 1 is 1.19 bits per heavy atom. The van der Waals surface area contributed by atoms with E-state index in [4.69, 9.17) is 15.2 Å². The molecule has 3 heterocycles. The van der Waals surface area contributed by atoms with Gasteiger partial charge < -0.3 is 15.2 Å². The first kappa shape index (κ1) is 21.9. The normalized spacial score (nSPS) is 13.4. The van der Waals surface area contributed by atoms with Gasteiger partial charge in [0.15, 0.2) is 5.65 Å². The Bertz CT molecular complexity index is 1130. The van der Waals surface area contributed by atoms with Crippen molar-refractivity contribution >= 4 is 22.9 Å². The van der Waals surface area contributed by atoms with E-state index < -0.39 is 5.60 Å². The van der Waals surface area contributed by atoms with Crippen molar-refractivity contribution in [2.24, 2.45) is 0 Å². The van der Waals surface area contributed by atoms with Crippen molar-refractivity contribution < 1.29 is 14.3 Å². The average Bonchev–Trinajstić information content (AvgIpc) is 3.31. The fourth-order valence-electron chi connectivity index (χ4n) is 3.62. The number of ether oxygens (including phenoxy) is 2. The number of hydrogen-bond donors (Lipinski definition) is 1. The van der Waals surface area contributed by atoms with E-state index in [9.17, 15) is 4.79 Å². The maximum Gasteiger partial charge on any atom is 0.410 e. The number of rotatable bonds is 6. The fourth-order valence-corrected chi connectivity index (χ4v) is 3.62. The summed E-state index contributed by atoms with van der Waals surface area (Å²) in [4.78, 5) is 22.9. The number of anilines is 1. The molecule has 2 aromatic heterocycles. The minimum absolute atomic E-state index is 0.271. The molecule has 0 atom stereocenters. The van der Waals surface area contributed by atoms with Gasteiger partial charge in [-0.2, -0.15) is 15.1 Å². The number of carbonyl (C=O) groups is 1. The highest BCUT2D eigenvalue weighted by molar-refractivity contribution is 5.85. The second kappa shape index (κ2) is 8.64. The molecule has 1 aliphatic rings. The predicted molar refractivity (Wildman–Crippen MR) is 121 cm³/mol. The Morgan fingerprint density at radius 2 is 1.97 bits per heavy atom. The van der Waals surface area contributed by atoms with Crippen molar-refractivity contribution in [2.75, 3.05) is 12.3 Å². The number of nitrogens with zero attached hydrogens (tertiary/aromatic N) is 5. The molecular formula is C23H30N6O3. The van der Waals surface area contributed by atoms with Gasteiger partial charge in [-0.1, -0.05) is 31.5 Å². The number of amides is 1. The van der Waals surface area contributed by atoms with E-state index in [0.717, 1.165) is 29.5 Å². The van der Waals surface area contributed by atoms with Gasteiger partial charge in [0, 0.05) is 13.1 Å². The SMILES string of the molecule is CCCCOc1nc(N)c2cnn(Cc3ccc4c(c3)CN(C(=O)OC(C)(C)C)C4)c2n1. The lowest BCUT2D eigenvalue weighted by atomic mass is 10.1. The number of hydrogen-bond acceptors (Lipinski definition) is 7. The number of nitrogen functional groups attached to an aromatic ring is 1. The zero-order chi connectivity index (χ0) is 22.9. The Labute approximate surface area is 187 Å². The summed E-state index contributed by atoms with van der Waals surface area (Å²) in [6.45, 7) is 9.87. The average molecular weight is 439 g/mol. The van der Waals surface area contributed by atoms with Crippen molar-refractivity contribution in [1.82, 2.24) is 24.6 Å². The lowest BCUT2D eigenvalue weighted by Crippen LogP contribution is -2.33. The van der Waals surface area contributed by atoms with Gasteiger partial charge in [0.25, 0.3) is 0 Å². The molecule has 9 nitrogen and oxygen atoms in total. The zero-order valence-electron chi connectivity index (χ0n) is 19.1. The van der Waals surface area contributed by atoms with Crippen LogP contribution in [-0.2, 0) is 24.4 Å². The molecule has 1 aromatic carbocycles. The van der Waals surface area contributed by atoms with Crippen molar-refractivity contribution in [3.05, 3.63) is 41.1 Å². The molecule has 3 aromatic rings. The van der Waals surface area contributed by atoms with E-state index in [1.165, 1.54) is 0 Å². The molecule has 0 fully saturated rings. The summed E-state index contributed by atoms with van der Waals surface area (Å²) in [6.07, 6.45) is 3.34. The van der Waals surface area contributed by atoms with Gasteiger partial charge in [0.1, 0.15) is 11.4 Å². The maximum absolute atomic E-state index is 12.4. The zero-order valence-corrected chi connectivity index (χ0v) is 19.1. The topological polar surface area (TPSA) is 108 Å². The highest BCUT2D eigenvalue weighted by atomic mass is 16.6. The van der Waals surface area contributed by atoms with Gasteiger partial charge in [-0.05, 0) is 43.9 Å². The highest BCUT2D eigenvalue weighted by Gasteiger charge is 2.28. The molecule has 0 saturated heterocycles. The molecule has 0 saturated carbocycles. The second-order valence-corrected chi connectivity index (χ2v) is 9.07. The largest absolute Gasteiger partial charge is 0.463 e. The first-order valence-electron chi connectivity index (χ1n) is 10.9. The summed E-state index contributed by atoms with van der Waals surface area (Å²) in [5.41, 5.74) is 9.52. The van der Waals surface area contributed by atoms with Crippen LogP contribution in [0.25, 0.3) is 11.0 Å². The van der Waals surface area contributed by atoms with Crippen molar-refractivity contribution in [3.63, 3.8) is 0 Å². The molecule has 4 rings (SSSR count). The molecule has 0 unspecified atom stereocenters. The first-order chi connectivity index (χ1) is 15.2. The Kier molecular flexibility index (Phi) is 5.90. The lowest BCUT2D eigenvalue weighted by molar-refractivity contribution is 0.0242. The second-order valence-electron chi connectivity index (χ2n) is 9.07. The van der Waals surface area contributed by atoms with Crippen LogP contribution in [0.5, 0.6) is 6.01 Å². The molecule has 0 bridgehead atoms. The van der Waals surface area contributed by atoms with Crippen LogP contribution in [0.4, 0.5) is 10.6 Å².